The molecule has 3 aromatic rings. The summed E-state index contributed by atoms with van der Waals surface area (Å²) in [5.74, 6) is 0.895. The SMILES string of the molecule is Cc1cc(C(=O)CN2CCC[C@H](c3nc4ccccc4s3)C2)c(C)n1[C@H]1CCS(=O)(=O)C1. The Balaban J connectivity index is 1.30. The first-order valence-electron chi connectivity index (χ1n) is 11.3. The minimum Gasteiger partial charge on any atom is -0.344 e. The van der Waals surface area contributed by atoms with Gasteiger partial charge in [-0.15, -0.1) is 11.3 Å². The fourth-order valence-corrected chi connectivity index (χ4v) is 8.15. The van der Waals surface area contributed by atoms with Gasteiger partial charge < -0.3 is 4.57 Å². The molecule has 8 heteroatoms. The van der Waals surface area contributed by atoms with Crippen LogP contribution in [-0.2, 0) is 9.84 Å². The van der Waals surface area contributed by atoms with Crippen LogP contribution in [0.2, 0.25) is 0 Å². The van der Waals surface area contributed by atoms with Gasteiger partial charge >= 0.3 is 0 Å². The number of likely N-dealkylation sites (tertiary alicyclic amines) is 1. The van der Waals surface area contributed by atoms with E-state index in [9.17, 15) is 13.2 Å². The van der Waals surface area contributed by atoms with Crippen LogP contribution in [0.25, 0.3) is 10.2 Å². The molecule has 5 rings (SSSR count). The van der Waals surface area contributed by atoms with E-state index in [1.807, 2.05) is 32.0 Å². The lowest BCUT2D eigenvalue weighted by Gasteiger charge is -2.31. The van der Waals surface area contributed by atoms with Gasteiger partial charge in [0.15, 0.2) is 15.6 Å². The van der Waals surface area contributed by atoms with E-state index in [2.05, 4.69) is 21.6 Å². The number of Topliss-reactive ketones (excluding diaryl/α,β-unsaturated/α-hetero) is 1. The number of fused-ring (bicyclic) bond motifs is 1. The number of carbonyl (C=O) groups excluding carboxylic acids is 1. The van der Waals surface area contributed by atoms with Crippen LogP contribution in [0.3, 0.4) is 0 Å². The Morgan fingerprint density at radius 3 is 2.78 bits per heavy atom. The molecule has 0 amide bonds. The second-order valence-electron chi connectivity index (χ2n) is 9.23. The summed E-state index contributed by atoms with van der Waals surface area (Å²) in [6.07, 6.45) is 2.80. The molecule has 2 aliphatic rings. The van der Waals surface area contributed by atoms with Gasteiger partial charge in [0.25, 0.3) is 0 Å². The highest BCUT2D eigenvalue weighted by Gasteiger charge is 2.32. The molecule has 170 valence electrons. The summed E-state index contributed by atoms with van der Waals surface area (Å²) in [4.78, 5) is 20.3. The molecule has 2 aromatic heterocycles. The lowest BCUT2D eigenvalue weighted by atomic mass is 9.98. The molecule has 0 unspecified atom stereocenters. The number of thiazole rings is 1. The van der Waals surface area contributed by atoms with Crippen molar-refractivity contribution >= 4 is 37.2 Å². The summed E-state index contributed by atoms with van der Waals surface area (Å²) in [5, 5.41) is 1.17. The summed E-state index contributed by atoms with van der Waals surface area (Å²) >= 11 is 1.77. The number of benzene rings is 1. The highest BCUT2D eigenvalue weighted by molar-refractivity contribution is 7.91. The fourth-order valence-electron chi connectivity index (χ4n) is 5.35. The number of ketones is 1. The fraction of sp³-hybridized carbons (Fsp3) is 0.500. The summed E-state index contributed by atoms with van der Waals surface area (Å²) in [6.45, 7) is 6.09. The van der Waals surface area contributed by atoms with E-state index in [1.165, 1.54) is 9.71 Å². The van der Waals surface area contributed by atoms with Crippen molar-refractivity contribution in [2.24, 2.45) is 0 Å². The number of carbonyl (C=O) groups is 1. The molecule has 0 bridgehead atoms. The van der Waals surface area contributed by atoms with Crippen LogP contribution in [0.15, 0.2) is 30.3 Å². The van der Waals surface area contributed by atoms with Gasteiger partial charge in [-0.3, -0.25) is 9.69 Å². The third kappa shape index (κ3) is 4.16. The van der Waals surface area contributed by atoms with E-state index in [0.717, 1.165) is 48.4 Å². The number of para-hydroxylation sites is 1. The Morgan fingerprint density at radius 2 is 2.03 bits per heavy atom. The number of piperidine rings is 1. The van der Waals surface area contributed by atoms with E-state index in [0.29, 0.717) is 18.9 Å². The zero-order valence-electron chi connectivity index (χ0n) is 18.6. The van der Waals surface area contributed by atoms with Crippen molar-refractivity contribution in [2.75, 3.05) is 31.1 Å². The number of hydrogen-bond acceptors (Lipinski definition) is 6. The number of sulfone groups is 1. The van der Waals surface area contributed by atoms with Crippen molar-refractivity contribution in [1.29, 1.82) is 0 Å². The molecule has 0 radical (unpaired) electrons. The highest BCUT2D eigenvalue weighted by Crippen LogP contribution is 2.33. The quantitative estimate of drug-likeness (QED) is 0.523. The molecule has 2 aliphatic heterocycles. The van der Waals surface area contributed by atoms with E-state index >= 15 is 0 Å². The van der Waals surface area contributed by atoms with Crippen molar-refractivity contribution in [3.63, 3.8) is 0 Å². The predicted octanol–water partition coefficient (Wildman–Crippen LogP) is 4.14. The first-order chi connectivity index (χ1) is 15.3. The Bertz CT molecular complexity index is 1240. The highest BCUT2D eigenvalue weighted by atomic mass is 32.2. The van der Waals surface area contributed by atoms with E-state index in [1.54, 1.807) is 11.3 Å². The van der Waals surface area contributed by atoms with Gasteiger partial charge in [-0.25, -0.2) is 13.4 Å². The Kier molecular flexibility index (Phi) is 5.72. The second-order valence-corrected chi connectivity index (χ2v) is 12.5. The molecule has 2 atom stereocenters. The molecule has 0 N–H and O–H groups in total. The van der Waals surface area contributed by atoms with Crippen molar-refractivity contribution < 1.29 is 13.2 Å². The number of nitrogens with zero attached hydrogens (tertiary/aromatic N) is 3. The summed E-state index contributed by atoms with van der Waals surface area (Å²) in [5.41, 5.74) is 3.66. The van der Waals surface area contributed by atoms with E-state index < -0.39 is 9.84 Å². The average molecular weight is 472 g/mol. The van der Waals surface area contributed by atoms with Gasteiger partial charge in [0.2, 0.25) is 0 Å². The number of aromatic nitrogens is 2. The molecule has 2 fully saturated rings. The Hall–Kier alpha value is -2.03. The number of hydrogen-bond donors (Lipinski definition) is 0. The van der Waals surface area contributed by atoms with Crippen LogP contribution < -0.4 is 0 Å². The molecule has 0 spiro atoms. The monoisotopic (exact) mass is 471 g/mol. The Labute approximate surface area is 193 Å². The smallest absolute Gasteiger partial charge is 0.178 e. The summed E-state index contributed by atoms with van der Waals surface area (Å²) in [7, 11) is -2.97. The molecule has 4 heterocycles. The first kappa shape index (κ1) is 21.8. The molecular weight excluding hydrogens is 442 g/mol. The summed E-state index contributed by atoms with van der Waals surface area (Å²) < 4.78 is 27.2. The molecule has 0 aliphatic carbocycles. The van der Waals surface area contributed by atoms with Crippen molar-refractivity contribution in [2.45, 2.75) is 45.1 Å². The standard InChI is InChI=1S/C24H29N3O3S2/c1-16-12-20(17(2)27(16)19-9-11-32(29,30)15-19)22(28)14-26-10-5-6-18(13-26)24-25-21-7-3-4-8-23(21)31-24/h3-4,7-8,12,18-19H,5-6,9-11,13-15H2,1-2H3/t18-,19-/m0/s1. The maximum absolute atomic E-state index is 13.2. The van der Waals surface area contributed by atoms with Crippen molar-refractivity contribution in [3.05, 3.63) is 52.3 Å². The van der Waals surface area contributed by atoms with Crippen LogP contribution in [0.1, 0.15) is 58.0 Å². The van der Waals surface area contributed by atoms with Crippen molar-refractivity contribution in [3.8, 4) is 0 Å². The normalized spacial score (nSPS) is 23.7. The maximum atomic E-state index is 13.2. The molecular formula is C24H29N3O3S2. The maximum Gasteiger partial charge on any atom is 0.178 e. The minimum absolute atomic E-state index is 0.0556. The Morgan fingerprint density at radius 1 is 1.22 bits per heavy atom. The second kappa shape index (κ2) is 8.39. The van der Waals surface area contributed by atoms with Gasteiger partial charge in [-0.1, -0.05) is 12.1 Å². The topological polar surface area (TPSA) is 72.3 Å². The molecule has 2 saturated heterocycles. The molecule has 32 heavy (non-hydrogen) atoms. The van der Waals surface area contributed by atoms with Gasteiger partial charge in [-0.05, 0) is 57.9 Å². The van der Waals surface area contributed by atoms with Gasteiger partial charge in [0.05, 0.1) is 33.3 Å². The number of rotatable bonds is 5. The zero-order chi connectivity index (χ0) is 22.5. The number of aryl methyl sites for hydroxylation is 1. The third-order valence-electron chi connectivity index (χ3n) is 6.89. The van der Waals surface area contributed by atoms with Crippen LogP contribution in [-0.4, -0.2) is 59.8 Å². The van der Waals surface area contributed by atoms with Crippen LogP contribution >= 0.6 is 11.3 Å². The molecule has 1 aromatic carbocycles. The predicted molar refractivity (Wildman–Crippen MR) is 129 cm³/mol. The zero-order valence-corrected chi connectivity index (χ0v) is 20.2. The van der Waals surface area contributed by atoms with Crippen LogP contribution in [0.5, 0.6) is 0 Å². The van der Waals surface area contributed by atoms with Gasteiger partial charge in [-0.2, -0.15) is 0 Å². The lowest BCUT2D eigenvalue weighted by molar-refractivity contribution is 0.0906. The summed E-state index contributed by atoms with van der Waals surface area (Å²) in [6, 6.07) is 10.1. The third-order valence-corrected chi connectivity index (χ3v) is 9.84. The minimum atomic E-state index is -2.97. The molecule has 0 saturated carbocycles. The van der Waals surface area contributed by atoms with E-state index in [4.69, 9.17) is 4.98 Å². The average Bonchev–Trinajstić information content (AvgIpc) is 3.43. The van der Waals surface area contributed by atoms with Crippen LogP contribution in [0.4, 0.5) is 0 Å². The first-order valence-corrected chi connectivity index (χ1v) is 13.9. The van der Waals surface area contributed by atoms with Gasteiger partial charge in [0, 0.05) is 35.5 Å². The largest absolute Gasteiger partial charge is 0.344 e. The molecule has 6 nitrogen and oxygen atoms in total. The lowest BCUT2D eigenvalue weighted by Crippen LogP contribution is -2.38. The van der Waals surface area contributed by atoms with Gasteiger partial charge in [0.1, 0.15) is 0 Å². The van der Waals surface area contributed by atoms with Crippen LogP contribution in [0, 0.1) is 13.8 Å². The van der Waals surface area contributed by atoms with E-state index in [-0.39, 0.29) is 23.3 Å². The van der Waals surface area contributed by atoms with Crippen molar-refractivity contribution in [1.82, 2.24) is 14.5 Å².